The normalized spacial score (nSPS) is 11.2. The topological polar surface area (TPSA) is 168 Å². The second-order valence-corrected chi connectivity index (χ2v) is 11.0. The Balaban J connectivity index is 0.00000103. The molecule has 0 aliphatic rings. The molecule has 0 aliphatic carbocycles. The summed E-state index contributed by atoms with van der Waals surface area (Å²) in [6, 6.07) is 6.92. The second-order valence-electron chi connectivity index (χ2n) is 9.18. The molecule has 0 radical (unpaired) electrons. The van der Waals surface area contributed by atoms with Gasteiger partial charge in [0.1, 0.15) is 11.3 Å². The molecule has 0 unspecified atom stereocenters. The van der Waals surface area contributed by atoms with Crippen LogP contribution in [0, 0.1) is 11.8 Å². The van der Waals surface area contributed by atoms with Crippen molar-refractivity contribution in [3.8, 4) is 11.3 Å². The van der Waals surface area contributed by atoms with Crippen LogP contribution in [0.15, 0.2) is 53.7 Å². The lowest BCUT2D eigenvalue weighted by molar-refractivity contribution is 0.0283. The number of carbonyl (C=O) groups excluding carboxylic acids is 1. The lowest BCUT2D eigenvalue weighted by atomic mass is 10.1. The Morgan fingerprint density at radius 2 is 1.75 bits per heavy atom. The highest BCUT2D eigenvalue weighted by Crippen LogP contribution is 2.32. The molecule has 0 fully saturated rings. The molecule has 1 aromatic carbocycles. The number of nitrogens with zero attached hydrogens (tertiary/aromatic N) is 3. The van der Waals surface area contributed by atoms with Crippen molar-refractivity contribution in [3.63, 3.8) is 0 Å². The average Bonchev–Trinajstić information content (AvgIpc) is 3.20. The van der Waals surface area contributed by atoms with E-state index < -0.39 is 68.2 Å². The van der Waals surface area contributed by atoms with Gasteiger partial charge in [-0.25, -0.2) is 36.1 Å². The molecule has 3 N–H and O–H groups in total. The number of hydrogen-bond acceptors (Lipinski definition) is 7. The van der Waals surface area contributed by atoms with Crippen molar-refractivity contribution < 1.29 is 46.5 Å². The number of aromatic nitrogens is 2. The van der Waals surface area contributed by atoms with Gasteiger partial charge in [-0.05, 0) is 51.1 Å². The Bertz CT molecular complexity index is 1520. The first-order valence-corrected chi connectivity index (χ1v) is 12.9. The molecule has 0 saturated heterocycles. The number of hydrogen-bond donors (Lipinski definition) is 3. The maximum Gasteiger partial charge on any atom is 0.410 e. The van der Waals surface area contributed by atoms with Crippen LogP contribution < -0.4 is 5.32 Å². The number of carboxylic acid groups (broad SMARTS) is 2. The molecule has 2 aromatic heterocycles. The fourth-order valence-corrected chi connectivity index (χ4v) is 4.61. The van der Waals surface area contributed by atoms with E-state index in [9.17, 15) is 32.3 Å². The van der Waals surface area contributed by atoms with E-state index in [0.717, 1.165) is 35.5 Å². The average molecular weight is 583 g/mol. The Hall–Kier alpha value is -4.53. The van der Waals surface area contributed by atoms with E-state index in [1.807, 2.05) is 5.32 Å². The quantitative estimate of drug-likeness (QED) is 0.364. The van der Waals surface area contributed by atoms with Gasteiger partial charge in [0.2, 0.25) is 5.95 Å². The number of rotatable bonds is 6. The van der Waals surface area contributed by atoms with E-state index in [2.05, 4.69) is 4.98 Å². The van der Waals surface area contributed by atoms with Gasteiger partial charge in [0.15, 0.2) is 5.82 Å². The number of carboxylic acids is 1. The van der Waals surface area contributed by atoms with Gasteiger partial charge in [-0.1, -0.05) is 6.07 Å². The molecular weight excluding hydrogens is 554 g/mol. The van der Waals surface area contributed by atoms with Crippen LogP contribution >= 0.6 is 0 Å². The number of carbonyl (C=O) groups is 3. The Morgan fingerprint density at radius 3 is 2.27 bits per heavy atom. The summed E-state index contributed by atoms with van der Waals surface area (Å²) in [6.07, 6.45) is 0.257. The fraction of sp³-hybridized carbons (Fsp3) is 0.280. The van der Waals surface area contributed by atoms with Crippen LogP contribution in [0.25, 0.3) is 11.3 Å². The zero-order valence-electron chi connectivity index (χ0n) is 22.2. The summed E-state index contributed by atoms with van der Waals surface area (Å²) >= 11 is 0. The molecule has 216 valence electrons. The molecular formula is C25H28F2N4O8S. The van der Waals surface area contributed by atoms with Crippen LogP contribution in [0.3, 0.4) is 0 Å². The summed E-state index contributed by atoms with van der Waals surface area (Å²) in [5.74, 6) is -3.57. The van der Waals surface area contributed by atoms with Crippen LogP contribution in [0.1, 0.15) is 36.7 Å². The summed E-state index contributed by atoms with van der Waals surface area (Å²) in [5.41, 5.74) is -2.46. The minimum absolute atomic E-state index is 0.241. The van der Waals surface area contributed by atoms with Crippen LogP contribution in [0.4, 0.5) is 18.4 Å². The molecule has 12 nitrogen and oxygen atoms in total. The van der Waals surface area contributed by atoms with Crippen LogP contribution in [0.2, 0.25) is 0 Å². The summed E-state index contributed by atoms with van der Waals surface area (Å²) in [4.78, 5) is 37.0. The Kier molecular flexibility index (Phi) is 9.94. The monoisotopic (exact) mass is 582 g/mol. The van der Waals surface area contributed by atoms with Crippen molar-refractivity contribution in [3.05, 3.63) is 71.7 Å². The molecule has 3 aromatic rings. The first-order valence-electron chi connectivity index (χ1n) is 11.4. The first kappa shape index (κ1) is 31.7. The van der Waals surface area contributed by atoms with E-state index in [4.69, 9.17) is 9.84 Å². The lowest BCUT2D eigenvalue weighted by Crippen LogP contribution is -2.33. The van der Waals surface area contributed by atoms with Crippen molar-refractivity contribution in [2.45, 2.75) is 37.8 Å². The van der Waals surface area contributed by atoms with Gasteiger partial charge in [-0.3, -0.25) is 0 Å². The van der Waals surface area contributed by atoms with Gasteiger partial charge >= 0.3 is 18.2 Å². The van der Waals surface area contributed by atoms with Crippen molar-refractivity contribution in [1.82, 2.24) is 19.2 Å². The smallest absolute Gasteiger partial charge is 0.410 e. The molecule has 15 heteroatoms. The third-order valence-corrected chi connectivity index (χ3v) is 6.62. The standard InChI is InChI=1S/C23H23F2N3O6S.C2H5NO2/c1-23(2,3)34-22(31)27(4)12-15-13-28(19(18(15)24)17-9-6-10-26-20(17)25)35(32,33)16-8-5-7-14(11-16)21(29)30;1-3-2(4)5/h5-11,13H,12H2,1-4H3,(H,29,30);3H,1H3,(H,4,5). The molecule has 2 heterocycles. The second kappa shape index (κ2) is 12.5. The number of nitrogens with one attached hydrogen (secondary N) is 1. The van der Waals surface area contributed by atoms with Gasteiger partial charge < -0.3 is 25.2 Å². The van der Waals surface area contributed by atoms with Crippen molar-refractivity contribution >= 4 is 28.2 Å². The highest BCUT2D eigenvalue weighted by molar-refractivity contribution is 7.90. The molecule has 0 atom stereocenters. The third-order valence-electron chi connectivity index (χ3n) is 4.96. The van der Waals surface area contributed by atoms with E-state index in [0.29, 0.717) is 3.97 Å². The summed E-state index contributed by atoms with van der Waals surface area (Å²) in [6.45, 7) is 4.55. The zero-order valence-corrected chi connectivity index (χ0v) is 23.0. The summed E-state index contributed by atoms with van der Waals surface area (Å²) < 4.78 is 62.8. The van der Waals surface area contributed by atoms with Crippen LogP contribution in [-0.2, 0) is 21.3 Å². The van der Waals surface area contributed by atoms with Gasteiger partial charge in [0, 0.05) is 32.1 Å². The number of aromatic carboxylic acids is 1. The number of pyridine rings is 1. The minimum atomic E-state index is -4.59. The van der Waals surface area contributed by atoms with Gasteiger partial charge in [-0.2, -0.15) is 4.39 Å². The zero-order chi connectivity index (χ0) is 30.4. The van der Waals surface area contributed by atoms with Crippen molar-refractivity contribution in [1.29, 1.82) is 0 Å². The van der Waals surface area contributed by atoms with E-state index in [-0.39, 0.29) is 11.1 Å². The van der Waals surface area contributed by atoms with Crippen molar-refractivity contribution in [2.24, 2.45) is 0 Å². The van der Waals surface area contributed by atoms with Gasteiger partial charge in [0.25, 0.3) is 10.0 Å². The minimum Gasteiger partial charge on any atom is -0.478 e. The lowest BCUT2D eigenvalue weighted by Gasteiger charge is -2.24. The molecule has 0 spiro atoms. The summed E-state index contributed by atoms with van der Waals surface area (Å²) in [7, 11) is -1.91. The molecule has 3 rings (SSSR count). The van der Waals surface area contributed by atoms with Crippen LogP contribution in [-0.4, -0.2) is 70.3 Å². The Morgan fingerprint density at radius 1 is 1.12 bits per heavy atom. The molecule has 0 saturated carbocycles. The van der Waals surface area contributed by atoms with E-state index in [1.165, 1.54) is 32.3 Å². The van der Waals surface area contributed by atoms with E-state index >= 15 is 4.39 Å². The number of benzene rings is 1. The molecule has 0 bridgehead atoms. The van der Waals surface area contributed by atoms with Gasteiger partial charge in [-0.15, -0.1) is 0 Å². The highest BCUT2D eigenvalue weighted by atomic mass is 32.2. The number of amides is 2. The van der Waals surface area contributed by atoms with Gasteiger partial charge in [0.05, 0.1) is 22.6 Å². The Labute approximate surface area is 228 Å². The largest absolute Gasteiger partial charge is 0.478 e. The summed E-state index contributed by atoms with van der Waals surface area (Å²) in [5, 5.41) is 18.8. The fourth-order valence-electron chi connectivity index (χ4n) is 3.17. The number of ether oxygens (including phenoxy) is 1. The van der Waals surface area contributed by atoms with E-state index in [1.54, 1.807) is 20.8 Å². The molecule has 40 heavy (non-hydrogen) atoms. The maximum atomic E-state index is 15.6. The predicted molar refractivity (Wildman–Crippen MR) is 138 cm³/mol. The maximum absolute atomic E-state index is 15.6. The SMILES string of the molecule is CN(Cc1cn(S(=O)(=O)c2cccc(C(=O)O)c2)c(-c2cccnc2F)c1F)C(=O)OC(C)(C)C.CNC(=O)O. The molecule has 0 aliphatic heterocycles. The first-order chi connectivity index (χ1) is 18.5. The van der Waals surface area contributed by atoms with Crippen molar-refractivity contribution in [2.75, 3.05) is 14.1 Å². The number of halogens is 2. The highest BCUT2D eigenvalue weighted by Gasteiger charge is 2.30. The van der Waals surface area contributed by atoms with Crippen LogP contribution in [0.5, 0.6) is 0 Å². The third kappa shape index (κ3) is 7.75. The predicted octanol–water partition coefficient (Wildman–Crippen LogP) is 4.01. The molecule has 2 amide bonds.